The van der Waals surface area contributed by atoms with Crippen molar-refractivity contribution in [1.82, 2.24) is 14.7 Å². The molecule has 6 aliphatic rings. The van der Waals surface area contributed by atoms with Crippen LogP contribution in [0.3, 0.4) is 0 Å². The minimum absolute atomic E-state index is 0.564. The van der Waals surface area contributed by atoms with Crippen LogP contribution < -0.4 is 0 Å². The zero-order valence-corrected chi connectivity index (χ0v) is 16.8. The summed E-state index contributed by atoms with van der Waals surface area (Å²) >= 11 is 0. The van der Waals surface area contributed by atoms with E-state index in [0.717, 1.165) is 57.6 Å². The molecule has 6 heterocycles. The molecule has 0 amide bonds. The minimum atomic E-state index is 0.564. The topological polar surface area (TPSA) is 37.4 Å². The van der Waals surface area contributed by atoms with Crippen molar-refractivity contribution < 1.29 is 14.2 Å². The van der Waals surface area contributed by atoms with Crippen LogP contribution in [0.1, 0.15) is 32.1 Å². The molecule has 26 heavy (non-hydrogen) atoms. The van der Waals surface area contributed by atoms with Gasteiger partial charge in [-0.1, -0.05) is 0 Å². The fraction of sp³-hybridized carbons (Fsp3) is 1.00. The van der Waals surface area contributed by atoms with E-state index >= 15 is 0 Å². The molecule has 0 N–H and O–H groups in total. The third-order valence-corrected chi connectivity index (χ3v) is 7.01. The van der Waals surface area contributed by atoms with Crippen LogP contribution in [0, 0.1) is 0 Å². The van der Waals surface area contributed by atoms with E-state index in [1.165, 1.54) is 32.1 Å². The number of likely N-dealkylation sites (tertiary alicyclic amines) is 2. The molecule has 6 aliphatic heterocycles. The molecule has 6 rings (SSSR count). The number of morpholine rings is 3. The number of hydrogen-bond donors (Lipinski definition) is 0. The molecule has 4 unspecified atom stereocenters. The lowest BCUT2D eigenvalue weighted by Gasteiger charge is -2.30. The van der Waals surface area contributed by atoms with Crippen LogP contribution in [-0.2, 0) is 14.2 Å². The zero-order valence-electron chi connectivity index (χ0n) is 16.8. The van der Waals surface area contributed by atoms with Gasteiger partial charge in [0.05, 0.1) is 38.1 Å². The first kappa shape index (κ1) is 19.1. The van der Waals surface area contributed by atoms with E-state index in [4.69, 9.17) is 14.2 Å². The Balaban J connectivity index is 0.0000000972. The average Bonchev–Trinajstić information content (AvgIpc) is 3.33. The third kappa shape index (κ3) is 4.42. The van der Waals surface area contributed by atoms with Crippen molar-refractivity contribution in [2.24, 2.45) is 0 Å². The molecule has 6 bridgehead atoms. The Bertz CT molecular complexity index is 436. The van der Waals surface area contributed by atoms with Crippen LogP contribution in [-0.4, -0.2) is 112 Å². The number of likely N-dealkylation sites (N-methyl/N-ethyl adjacent to an activating group) is 3. The first-order valence-electron chi connectivity index (χ1n) is 10.5. The maximum atomic E-state index is 5.63. The molecule has 0 aromatic heterocycles. The smallest absolute Gasteiger partial charge is 0.0718 e. The van der Waals surface area contributed by atoms with Gasteiger partial charge >= 0.3 is 0 Å². The van der Waals surface area contributed by atoms with E-state index in [2.05, 4.69) is 35.8 Å². The number of rotatable bonds is 0. The van der Waals surface area contributed by atoms with Gasteiger partial charge in [0.1, 0.15) is 0 Å². The Kier molecular flexibility index (Phi) is 6.18. The van der Waals surface area contributed by atoms with E-state index < -0.39 is 0 Å². The Morgan fingerprint density at radius 2 is 1.35 bits per heavy atom. The molecule has 0 radical (unpaired) electrons. The van der Waals surface area contributed by atoms with Crippen LogP contribution in [0.15, 0.2) is 0 Å². The fourth-order valence-corrected chi connectivity index (χ4v) is 5.24. The van der Waals surface area contributed by atoms with Crippen molar-refractivity contribution in [1.29, 1.82) is 0 Å². The lowest BCUT2D eigenvalue weighted by molar-refractivity contribution is -0.0293. The van der Waals surface area contributed by atoms with Crippen molar-refractivity contribution in [3.05, 3.63) is 0 Å². The monoisotopic (exact) mass is 367 g/mol. The number of fused-ring (bicyclic) bond motifs is 6. The third-order valence-electron chi connectivity index (χ3n) is 7.01. The SMILES string of the molecule is CN1C2CCC1COC2.CN1CC2CCC(C1)O2.CN1C[C@@H]2C[C@H]1CO2. The molecular weight excluding hydrogens is 330 g/mol. The lowest BCUT2D eigenvalue weighted by Crippen LogP contribution is -2.42. The second kappa shape index (κ2) is 8.41. The summed E-state index contributed by atoms with van der Waals surface area (Å²) in [6, 6.07) is 2.23. The quantitative estimate of drug-likeness (QED) is 0.637. The first-order chi connectivity index (χ1) is 12.6. The van der Waals surface area contributed by atoms with Gasteiger partial charge in [0.25, 0.3) is 0 Å². The summed E-state index contributed by atoms with van der Waals surface area (Å²) in [7, 11) is 6.56. The molecule has 0 aromatic rings. The van der Waals surface area contributed by atoms with Crippen LogP contribution in [0.4, 0.5) is 0 Å². The Morgan fingerprint density at radius 1 is 0.692 bits per heavy atom. The van der Waals surface area contributed by atoms with Crippen LogP contribution in [0.2, 0.25) is 0 Å². The van der Waals surface area contributed by atoms with Gasteiger partial charge in [-0.25, -0.2) is 0 Å². The fourth-order valence-electron chi connectivity index (χ4n) is 5.24. The molecule has 0 saturated carbocycles. The second-order valence-corrected chi connectivity index (χ2v) is 9.05. The van der Waals surface area contributed by atoms with Gasteiger partial charge in [-0.15, -0.1) is 0 Å². The van der Waals surface area contributed by atoms with Gasteiger partial charge in [-0.2, -0.15) is 0 Å². The van der Waals surface area contributed by atoms with E-state index in [-0.39, 0.29) is 0 Å². The molecule has 0 aromatic carbocycles. The van der Waals surface area contributed by atoms with Gasteiger partial charge in [0, 0.05) is 37.8 Å². The van der Waals surface area contributed by atoms with Gasteiger partial charge < -0.3 is 19.1 Å². The molecule has 6 fully saturated rings. The van der Waals surface area contributed by atoms with E-state index in [9.17, 15) is 0 Å². The maximum Gasteiger partial charge on any atom is 0.0718 e. The first-order valence-corrected chi connectivity index (χ1v) is 10.5. The largest absolute Gasteiger partial charge is 0.378 e. The molecule has 6 nitrogen and oxygen atoms in total. The van der Waals surface area contributed by atoms with E-state index in [1.54, 1.807) is 0 Å². The van der Waals surface area contributed by atoms with Crippen molar-refractivity contribution in [3.8, 4) is 0 Å². The molecule has 6 saturated heterocycles. The van der Waals surface area contributed by atoms with Gasteiger partial charge in [0.2, 0.25) is 0 Å². The average molecular weight is 368 g/mol. The Morgan fingerprint density at radius 3 is 1.77 bits per heavy atom. The summed E-state index contributed by atoms with van der Waals surface area (Å²) in [5.74, 6) is 0. The number of ether oxygens (including phenoxy) is 3. The van der Waals surface area contributed by atoms with Gasteiger partial charge in [-0.3, -0.25) is 9.80 Å². The van der Waals surface area contributed by atoms with Crippen molar-refractivity contribution in [2.45, 2.75) is 68.5 Å². The minimum Gasteiger partial charge on any atom is -0.378 e. The lowest BCUT2D eigenvalue weighted by atomic mass is 10.2. The molecule has 150 valence electrons. The van der Waals surface area contributed by atoms with Crippen LogP contribution in [0.25, 0.3) is 0 Å². The standard InChI is InChI=1S/2C7H13NO.C6H11NO/c1-8-6-2-3-7(8)5-9-4-6;1-8-4-6-2-3-7(5-8)9-6;1-7-3-6-2-5(7)4-8-6/h2*6-7H,2-5H2,1H3;5-6H,2-4H2,1H3/t;;5-,6-/m..0/s1. The number of nitrogens with zero attached hydrogens (tertiary/aromatic N) is 3. The molecule has 0 spiro atoms. The highest BCUT2D eigenvalue weighted by Gasteiger charge is 2.36. The highest BCUT2D eigenvalue weighted by Crippen LogP contribution is 2.27. The summed E-state index contributed by atoms with van der Waals surface area (Å²) in [6.45, 7) is 6.36. The summed E-state index contributed by atoms with van der Waals surface area (Å²) in [6.07, 6.45) is 8.25. The van der Waals surface area contributed by atoms with Crippen molar-refractivity contribution in [3.63, 3.8) is 0 Å². The highest BCUT2D eigenvalue weighted by atomic mass is 16.5. The summed E-state index contributed by atoms with van der Waals surface area (Å²) < 4.78 is 16.4. The maximum absolute atomic E-state index is 5.63. The van der Waals surface area contributed by atoms with Crippen LogP contribution in [0.5, 0.6) is 0 Å². The molecular formula is C20H37N3O3. The van der Waals surface area contributed by atoms with Crippen LogP contribution >= 0.6 is 0 Å². The Hall–Kier alpha value is -0.240. The highest BCUT2D eigenvalue weighted by molar-refractivity contribution is 4.89. The predicted molar refractivity (Wildman–Crippen MR) is 102 cm³/mol. The predicted octanol–water partition coefficient (Wildman–Crippen LogP) is 1.05. The van der Waals surface area contributed by atoms with E-state index in [0.29, 0.717) is 18.3 Å². The summed E-state index contributed by atoms with van der Waals surface area (Å²) in [5.41, 5.74) is 0. The zero-order chi connectivity index (χ0) is 18.1. The Labute approximate surface area is 158 Å². The normalized spacial score (nSPS) is 44.4. The van der Waals surface area contributed by atoms with Gasteiger partial charge in [0.15, 0.2) is 0 Å². The van der Waals surface area contributed by atoms with Crippen molar-refractivity contribution >= 4 is 0 Å². The molecule has 6 atom stereocenters. The summed E-state index contributed by atoms with van der Waals surface area (Å²) in [5, 5.41) is 0. The van der Waals surface area contributed by atoms with Crippen molar-refractivity contribution in [2.75, 3.05) is 60.6 Å². The molecule has 0 aliphatic carbocycles. The van der Waals surface area contributed by atoms with Gasteiger partial charge in [-0.05, 0) is 53.2 Å². The summed E-state index contributed by atoms with van der Waals surface area (Å²) in [4.78, 5) is 7.21. The second-order valence-electron chi connectivity index (χ2n) is 9.05. The molecule has 6 heteroatoms. The number of hydrogen-bond acceptors (Lipinski definition) is 6. The van der Waals surface area contributed by atoms with E-state index in [1.807, 2.05) is 0 Å².